The topological polar surface area (TPSA) is 13.1 Å². The second-order valence-corrected chi connectivity index (χ2v) is 11.8. The fourth-order valence-corrected chi connectivity index (χ4v) is 6.86. The molecular formula is C48H30O. The molecule has 0 spiro atoms. The molecule has 1 heteroatoms. The highest BCUT2D eigenvalue weighted by Crippen LogP contribution is 2.47. The summed E-state index contributed by atoms with van der Waals surface area (Å²) in [7, 11) is 0. The van der Waals surface area contributed by atoms with Gasteiger partial charge in [0.25, 0.3) is 0 Å². The third-order valence-electron chi connectivity index (χ3n) is 9.09. The third kappa shape index (κ3) is 4.40. The molecule has 0 unspecified atom stereocenters. The summed E-state index contributed by atoms with van der Waals surface area (Å²) in [6, 6.07) is 25.8. The van der Waals surface area contributed by atoms with Gasteiger partial charge in [-0.15, -0.1) is 0 Å². The Kier molecular flexibility index (Phi) is 3.99. The summed E-state index contributed by atoms with van der Waals surface area (Å²) in [5.41, 5.74) is 3.16. The van der Waals surface area contributed by atoms with Crippen LogP contribution < -0.4 is 0 Å². The number of benzene rings is 9. The summed E-state index contributed by atoms with van der Waals surface area (Å²) in [5, 5.41) is 1.58. The Balaban J connectivity index is 1.30. The Morgan fingerprint density at radius 2 is 0.939 bits per heavy atom. The first-order chi connectivity index (χ1) is 29.7. The maximum atomic E-state index is 9.47. The van der Waals surface area contributed by atoms with Crippen LogP contribution in [0.5, 0.6) is 0 Å². The van der Waals surface area contributed by atoms with E-state index in [0.717, 1.165) is 11.1 Å². The van der Waals surface area contributed by atoms with Crippen molar-refractivity contribution in [2.24, 2.45) is 0 Å². The molecule has 1 aromatic heterocycles. The maximum Gasteiger partial charge on any atom is 0.143 e. The van der Waals surface area contributed by atoms with Gasteiger partial charge in [0.2, 0.25) is 0 Å². The first kappa shape index (κ1) is 17.6. The van der Waals surface area contributed by atoms with E-state index in [1.807, 2.05) is 42.5 Å². The van der Waals surface area contributed by atoms with Crippen LogP contribution in [0.2, 0.25) is 0 Å². The Bertz CT molecular complexity index is 3510. The van der Waals surface area contributed by atoms with Crippen LogP contribution in [0.25, 0.3) is 98.8 Å². The molecule has 0 bridgehead atoms. The third-order valence-corrected chi connectivity index (χ3v) is 9.09. The monoisotopic (exact) mass is 635 g/mol. The normalized spacial score (nSPS) is 15.4. The molecule has 0 saturated carbocycles. The van der Waals surface area contributed by atoms with Crippen LogP contribution in [-0.2, 0) is 0 Å². The van der Waals surface area contributed by atoms with Crippen LogP contribution >= 0.6 is 0 Å². The molecule has 49 heavy (non-hydrogen) atoms. The van der Waals surface area contributed by atoms with Gasteiger partial charge in [0.05, 0.1) is 17.8 Å². The zero-order valence-electron chi connectivity index (χ0n) is 38.7. The van der Waals surface area contributed by atoms with Gasteiger partial charge in [0.1, 0.15) is 11.2 Å². The lowest BCUT2D eigenvalue weighted by Gasteiger charge is -2.18. The predicted octanol–water partition coefficient (Wildman–Crippen LogP) is 13.7. The van der Waals surface area contributed by atoms with Gasteiger partial charge in [0, 0.05) is 16.2 Å². The Labute approximate surface area is 302 Å². The van der Waals surface area contributed by atoms with Crippen molar-refractivity contribution in [3.63, 3.8) is 0 Å². The molecule has 0 saturated heterocycles. The molecule has 1 nitrogen and oxygen atoms in total. The van der Waals surface area contributed by atoms with Gasteiger partial charge in [-0.1, -0.05) is 170 Å². The van der Waals surface area contributed by atoms with Crippen LogP contribution in [-0.4, -0.2) is 0 Å². The van der Waals surface area contributed by atoms with E-state index in [9.17, 15) is 8.22 Å². The number of hydrogen-bond acceptors (Lipinski definition) is 1. The van der Waals surface area contributed by atoms with Crippen molar-refractivity contribution in [1.29, 1.82) is 0 Å². The van der Waals surface area contributed by atoms with Gasteiger partial charge in [-0.2, -0.15) is 0 Å². The molecule has 1 heterocycles. The SMILES string of the molecule is [2H]c1c([2H])c(-c2c3ccccc3c(-c3c([2H])c([2H])c([2H])c4oc5c6c([2H])c([2H])c([2H])c([2H])c6c([2H])c([2H])c5c34)c3ccccc23)c([2H])c([2H])c1-c1ccc(-c2ccccc2)cc1. The van der Waals surface area contributed by atoms with Crippen LogP contribution in [0.15, 0.2) is 186 Å². The second-order valence-electron chi connectivity index (χ2n) is 11.8. The maximum absolute atomic E-state index is 9.47. The Morgan fingerprint density at radius 1 is 0.367 bits per heavy atom. The molecule has 0 radical (unpaired) electrons. The van der Waals surface area contributed by atoms with E-state index in [-0.39, 0.29) is 79.6 Å². The van der Waals surface area contributed by atoms with E-state index >= 15 is 0 Å². The summed E-state index contributed by atoms with van der Waals surface area (Å²) >= 11 is 0. The zero-order chi connectivity index (χ0) is 43.6. The van der Waals surface area contributed by atoms with Crippen LogP contribution in [0.4, 0.5) is 0 Å². The minimum absolute atomic E-state index is 0.0498. The van der Waals surface area contributed by atoms with Crippen molar-refractivity contribution < 1.29 is 22.2 Å². The van der Waals surface area contributed by atoms with Crippen molar-refractivity contribution in [2.75, 3.05) is 0 Å². The van der Waals surface area contributed by atoms with Crippen LogP contribution in [0.1, 0.15) is 17.8 Å². The lowest BCUT2D eigenvalue weighted by atomic mass is 9.84. The first-order valence-electron chi connectivity index (χ1n) is 22.3. The van der Waals surface area contributed by atoms with E-state index in [2.05, 4.69) is 0 Å². The van der Waals surface area contributed by atoms with Gasteiger partial charge in [-0.3, -0.25) is 0 Å². The molecule has 0 aliphatic rings. The summed E-state index contributed by atoms with van der Waals surface area (Å²) < 4.78 is 124. The van der Waals surface area contributed by atoms with Crippen LogP contribution in [0, 0.1) is 0 Å². The predicted molar refractivity (Wildman–Crippen MR) is 208 cm³/mol. The highest BCUT2D eigenvalue weighted by Gasteiger charge is 2.20. The highest BCUT2D eigenvalue weighted by molar-refractivity contribution is 6.27. The summed E-state index contributed by atoms with van der Waals surface area (Å²) in [4.78, 5) is 0. The van der Waals surface area contributed by atoms with Crippen molar-refractivity contribution in [3.05, 3.63) is 182 Å². The highest BCUT2D eigenvalue weighted by atomic mass is 16.3. The average Bonchev–Trinajstić information content (AvgIpc) is 3.69. The van der Waals surface area contributed by atoms with Gasteiger partial charge < -0.3 is 4.42 Å². The Morgan fingerprint density at radius 3 is 1.63 bits per heavy atom. The minimum atomic E-state index is -0.582. The minimum Gasteiger partial charge on any atom is -0.455 e. The molecular weight excluding hydrogens is 593 g/mol. The quantitative estimate of drug-likeness (QED) is 0.175. The lowest BCUT2D eigenvalue weighted by Crippen LogP contribution is -1.91. The van der Waals surface area contributed by atoms with E-state index in [1.165, 1.54) is 0 Å². The summed E-state index contributed by atoms with van der Waals surface area (Å²) in [6.45, 7) is 0. The fourth-order valence-electron chi connectivity index (χ4n) is 6.86. The molecule has 0 aliphatic heterocycles. The van der Waals surface area contributed by atoms with Gasteiger partial charge in [-0.25, -0.2) is 0 Å². The molecule has 0 atom stereocenters. The van der Waals surface area contributed by atoms with Crippen molar-refractivity contribution in [1.82, 2.24) is 0 Å². The smallest absolute Gasteiger partial charge is 0.143 e. The van der Waals surface area contributed by atoms with Crippen molar-refractivity contribution in [3.8, 4) is 44.5 Å². The van der Waals surface area contributed by atoms with E-state index in [4.69, 9.17) is 14.0 Å². The van der Waals surface area contributed by atoms with Crippen molar-refractivity contribution in [2.45, 2.75) is 0 Å². The zero-order valence-corrected chi connectivity index (χ0v) is 25.7. The Hall–Kier alpha value is -6.44. The van der Waals surface area contributed by atoms with Gasteiger partial charge in [0.15, 0.2) is 0 Å². The number of rotatable bonds is 4. The second kappa shape index (κ2) is 11.1. The van der Waals surface area contributed by atoms with Crippen molar-refractivity contribution >= 4 is 54.3 Å². The molecule has 0 aliphatic carbocycles. The van der Waals surface area contributed by atoms with E-state index in [1.54, 1.807) is 60.7 Å². The first-order valence-corrected chi connectivity index (χ1v) is 15.8. The van der Waals surface area contributed by atoms with Crippen LogP contribution in [0.3, 0.4) is 0 Å². The molecule has 10 rings (SSSR count). The summed E-state index contributed by atoms with van der Waals surface area (Å²) in [5.74, 6) is 0. The molecule has 0 fully saturated rings. The largest absolute Gasteiger partial charge is 0.455 e. The van der Waals surface area contributed by atoms with Gasteiger partial charge in [-0.05, 0) is 83.5 Å². The number of hydrogen-bond donors (Lipinski definition) is 0. The molecule has 228 valence electrons. The van der Waals surface area contributed by atoms with E-state index < -0.39 is 48.3 Å². The molecule has 0 amide bonds. The number of fused-ring (bicyclic) bond motifs is 7. The standard InChI is InChI=1S/C48H30O/c1-2-11-31(12-3-1)32-21-23-33(24-22-32)34-25-27-36(28-26-34)45-38-15-6-8-17-40(38)46(41-18-9-7-16-39(41)45)42-19-10-20-44-47(42)43-30-29-35-13-4-5-14-37(35)48(43)49-44/h1-30H/i4D,5D,10D,13D,14D,19D,20D,25D,26D,27D,28D,29D,30D. The van der Waals surface area contributed by atoms with E-state index in [0.29, 0.717) is 38.2 Å². The lowest BCUT2D eigenvalue weighted by molar-refractivity contribution is 0.673. The molecule has 0 N–H and O–H groups in total. The molecule has 10 aromatic rings. The molecule has 9 aromatic carbocycles. The van der Waals surface area contributed by atoms with Gasteiger partial charge >= 0.3 is 0 Å². The number of furan rings is 1. The average molecular weight is 636 g/mol. The fraction of sp³-hybridized carbons (Fsp3) is 0. The summed E-state index contributed by atoms with van der Waals surface area (Å²) in [6.07, 6.45) is 0.